The van der Waals surface area contributed by atoms with E-state index in [-0.39, 0.29) is 19.0 Å². The van der Waals surface area contributed by atoms with Crippen molar-refractivity contribution in [3.05, 3.63) is 0 Å². The third kappa shape index (κ3) is 2.37. The van der Waals surface area contributed by atoms with Crippen LogP contribution in [0, 0.1) is 0 Å². The van der Waals surface area contributed by atoms with Gasteiger partial charge in [-0.3, -0.25) is 4.79 Å². The molecule has 2 atom stereocenters. The minimum absolute atomic E-state index is 0.0115. The van der Waals surface area contributed by atoms with Crippen LogP contribution in [0.4, 0.5) is 4.79 Å². The van der Waals surface area contributed by atoms with Crippen LogP contribution in [0.3, 0.4) is 0 Å². The predicted molar refractivity (Wildman–Crippen MR) is 57.0 cm³/mol. The Labute approximate surface area is 92.2 Å². The fraction of sp³-hybridized carbons (Fsp3) is 0.778. The zero-order chi connectivity index (χ0) is 10.8. The number of carboxylic acid groups (broad SMARTS) is 1. The fourth-order valence-corrected chi connectivity index (χ4v) is 3.46. The van der Waals surface area contributed by atoms with Crippen LogP contribution in [-0.2, 0) is 4.79 Å². The second-order valence-electron chi connectivity index (χ2n) is 3.87. The summed E-state index contributed by atoms with van der Waals surface area (Å²) in [5.74, 6) is 0.144. The Bertz CT molecular complexity index is 285. The topological polar surface area (TPSA) is 69.6 Å². The van der Waals surface area contributed by atoms with E-state index in [1.54, 1.807) is 0 Å². The minimum Gasteiger partial charge on any atom is -0.481 e. The summed E-state index contributed by atoms with van der Waals surface area (Å²) in [6.07, 6.45) is 1.08. The standard InChI is InChI=1S/C9H14N2O3S/c12-8(13)1-2-10-9(14)11-4-7-3-6(11)5-15-7/h6-7H,1-5H2,(H,10,14)(H,12,13)/t6-,7-/m0/s1. The Balaban J connectivity index is 1.74. The molecule has 0 spiro atoms. The number of thioether (sulfide) groups is 1. The second kappa shape index (κ2) is 4.30. The molecule has 0 aliphatic carbocycles. The third-order valence-corrected chi connectivity index (χ3v) is 4.17. The van der Waals surface area contributed by atoms with E-state index < -0.39 is 5.97 Å². The molecule has 84 valence electrons. The molecule has 2 aliphatic heterocycles. The van der Waals surface area contributed by atoms with E-state index in [9.17, 15) is 9.59 Å². The van der Waals surface area contributed by atoms with Crippen molar-refractivity contribution in [1.82, 2.24) is 10.2 Å². The number of carbonyl (C=O) groups excluding carboxylic acids is 1. The number of nitrogens with zero attached hydrogens (tertiary/aromatic N) is 1. The Morgan fingerprint density at radius 1 is 1.53 bits per heavy atom. The smallest absolute Gasteiger partial charge is 0.317 e. The van der Waals surface area contributed by atoms with Crippen LogP contribution in [0.15, 0.2) is 0 Å². The molecule has 0 aromatic heterocycles. The van der Waals surface area contributed by atoms with Gasteiger partial charge in [0.25, 0.3) is 0 Å². The number of amides is 2. The van der Waals surface area contributed by atoms with E-state index in [0.29, 0.717) is 11.3 Å². The number of fused-ring (bicyclic) bond motifs is 2. The first-order valence-electron chi connectivity index (χ1n) is 5.04. The monoisotopic (exact) mass is 230 g/mol. The lowest BCUT2D eigenvalue weighted by molar-refractivity contribution is -0.136. The molecule has 2 N–H and O–H groups in total. The average molecular weight is 230 g/mol. The molecule has 0 saturated carbocycles. The maximum absolute atomic E-state index is 11.6. The lowest BCUT2D eigenvalue weighted by Crippen LogP contribution is -2.45. The van der Waals surface area contributed by atoms with Crippen molar-refractivity contribution in [3.8, 4) is 0 Å². The van der Waals surface area contributed by atoms with Gasteiger partial charge in [0.1, 0.15) is 0 Å². The molecule has 15 heavy (non-hydrogen) atoms. The molecular formula is C9H14N2O3S. The van der Waals surface area contributed by atoms with E-state index in [2.05, 4.69) is 5.32 Å². The van der Waals surface area contributed by atoms with Gasteiger partial charge in [0.2, 0.25) is 0 Å². The summed E-state index contributed by atoms with van der Waals surface area (Å²) in [4.78, 5) is 23.7. The van der Waals surface area contributed by atoms with Gasteiger partial charge in [-0.1, -0.05) is 0 Å². The molecule has 2 fully saturated rings. The van der Waals surface area contributed by atoms with Crippen molar-refractivity contribution >= 4 is 23.8 Å². The summed E-state index contributed by atoms with van der Waals surface area (Å²) in [7, 11) is 0. The van der Waals surface area contributed by atoms with Crippen LogP contribution >= 0.6 is 11.8 Å². The number of carbonyl (C=O) groups is 2. The molecule has 2 amide bonds. The van der Waals surface area contributed by atoms with Gasteiger partial charge >= 0.3 is 12.0 Å². The number of likely N-dealkylation sites (tertiary alicyclic amines) is 1. The van der Waals surface area contributed by atoms with Crippen LogP contribution < -0.4 is 5.32 Å². The minimum atomic E-state index is -0.881. The molecule has 2 aliphatic rings. The van der Waals surface area contributed by atoms with Crippen LogP contribution in [0.2, 0.25) is 0 Å². The number of aliphatic carboxylic acids is 1. The normalized spacial score (nSPS) is 28.1. The number of rotatable bonds is 3. The zero-order valence-corrected chi connectivity index (χ0v) is 9.13. The fourth-order valence-electron chi connectivity index (χ4n) is 2.03. The highest BCUT2D eigenvalue weighted by molar-refractivity contribution is 8.00. The Kier molecular flexibility index (Phi) is 3.04. The highest BCUT2D eigenvalue weighted by Gasteiger charge is 2.40. The Morgan fingerprint density at radius 2 is 2.33 bits per heavy atom. The number of hydrogen-bond acceptors (Lipinski definition) is 3. The van der Waals surface area contributed by atoms with E-state index >= 15 is 0 Å². The van der Waals surface area contributed by atoms with Crippen molar-refractivity contribution in [2.75, 3.05) is 18.8 Å². The summed E-state index contributed by atoms with van der Waals surface area (Å²) >= 11 is 1.93. The molecule has 0 aromatic rings. The number of hydrogen-bond donors (Lipinski definition) is 2. The largest absolute Gasteiger partial charge is 0.481 e. The lowest BCUT2D eigenvalue weighted by Gasteiger charge is -2.26. The predicted octanol–water partition coefficient (Wildman–Crippen LogP) is 0.360. The molecule has 0 radical (unpaired) electrons. The van der Waals surface area contributed by atoms with Crippen molar-refractivity contribution < 1.29 is 14.7 Å². The summed E-state index contributed by atoms with van der Waals surface area (Å²) in [6.45, 7) is 1.03. The first-order chi connectivity index (χ1) is 7.16. The number of urea groups is 1. The van der Waals surface area contributed by atoms with Crippen LogP contribution in [0.5, 0.6) is 0 Å². The van der Waals surface area contributed by atoms with Gasteiger partial charge in [-0.05, 0) is 6.42 Å². The lowest BCUT2D eigenvalue weighted by atomic mass is 10.2. The number of nitrogens with one attached hydrogen (secondary N) is 1. The van der Waals surface area contributed by atoms with Gasteiger partial charge < -0.3 is 15.3 Å². The summed E-state index contributed by atoms with van der Waals surface area (Å²) < 4.78 is 0. The van der Waals surface area contributed by atoms with Crippen molar-refractivity contribution in [2.24, 2.45) is 0 Å². The second-order valence-corrected chi connectivity index (χ2v) is 5.21. The van der Waals surface area contributed by atoms with Gasteiger partial charge in [0, 0.05) is 30.1 Å². The molecule has 0 aromatic carbocycles. The molecule has 2 bridgehead atoms. The molecule has 0 unspecified atom stereocenters. The van der Waals surface area contributed by atoms with E-state index in [1.165, 1.54) is 0 Å². The van der Waals surface area contributed by atoms with Gasteiger partial charge in [0.15, 0.2) is 0 Å². The van der Waals surface area contributed by atoms with Crippen molar-refractivity contribution in [2.45, 2.75) is 24.1 Å². The molecule has 6 heteroatoms. The molecule has 5 nitrogen and oxygen atoms in total. The first-order valence-corrected chi connectivity index (χ1v) is 6.09. The quantitative estimate of drug-likeness (QED) is 0.734. The summed E-state index contributed by atoms with van der Waals surface area (Å²) in [5.41, 5.74) is 0. The van der Waals surface area contributed by atoms with Crippen molar-refractivity contribution in [3.63, 3.8) is 0 Å². The van der Waals surface area contributed by atoms with Gasteiger partial charge in [-0.15, -0.1) is 0 Å². The first kappa shape index (κ1) is 10.6. The SMILES string of the molecule is O=C(O)CCNC(=O)N1C[C@@H]2C[C@H]1CS2. The van der Waals surface area contributed by atoms with Crippen LogP contribution in [0.1, 0.15) is 12.8 Å². The third-order valence-electron chi connectivity index (χ3n) is 2.78. The molecular weight excluding hydrogens is 216 g/mol. The maximum Gasteiger partial charge on any atom is 0.317 e. The van der Waals surface area contributed by atoms with Crippen LogP contribution in [0.25, 0.3) is 0 Å². The number of carboxylic acids is 1. The summed E-state index contributed by atoms with van der Waals surface area (Å²) in [5, 5.41) is 11.7. The van der Waals surface area contributed by atoms with E-state index in [4.69, 9.17) is 5.11 Å². The summed E-state index contributed by atoms with van der Waals surface area (Å²) in [6, 6.07) is 0.258. The molecule has 2 saturated heterocycles. The highest BCUT2D eigenvalue weighted by atomic mass is 32.2. The molecule has 2 rings (SSSR count). The van der Waals surface area contributed by atoms with E-state index in [0.717, 1.165) is 18.7 Å². The Morgan fingerprint density at radius 3 is 2.87 bits per heavy atom. The highest BCUT2D eigenvalue weighted by Crippen LogP contribution is 2.37. The Hall–Kier alpha value is -0.910. The van der Waals surface area contributed by atoms with Gasteiger partial charge in [-0.2, -0.15) is 11.8 Å². The van der Waals surface area contributed by atoms with Crippen molar-refractivity contribution in [1.29, 1.82) is 0 Å². The molecule has 2 heterocycles. The van der Waals surface area contributed by atoms with Crippen LogP contribution in [-0.4, -0.2) is 52.1 Å². The van der Waals surface area contributed by atoms with E-state index in [1.807, 2.05) is 16.7 Å². The maximum atomic E-state index is 11.6. The zero-order valence-electron chi connectivity index (χ0n) is 8.31. The average Bonchev–Trinajstić information content (AvgIpc) is 2.77. The van der Waals surface area contributed by atoms with Gasteiger partial charge in [-0.25, -0.2) is 4.79 Å². The van der Waals surface area contributed by atoms with Gasteiger partial charge in [0.05, 0.1) is 6.42 Å².